The summed E-state index contributed by atoms with van der Waals surface area (Å²) in [5, 5.41) is 1.20. The second-order valence-corrected chi connectivity index (χ2v) is 3.02. The molecule has 2 rings (SSSR count). The van der Waals surface area contributed by atoms with E-state index in [-0.39, 0.29) is 5.56 Å². The molecule has 1 N–H and O–H groups in total. The molecule has 12 heavy (non-hydrogen) atoms. The molecular formula is C8H7ClN2O. The minimum atomic E-state index is -0.102. The first kappa shape index (κ1) is 7.43. The van der Waals surface area contributed by atoms with Gasteiger partial charge in [-0.05, 0) is 12.1 Å². The van der Waals surface area contributed by atoms with E-state index in [1.54, 1.807) is 16.8 Å². The van der Waals surface area contributed by atoms with Crippen LogP contribution in [0.5, 0.6) is 0 Å². The van der Waals surface area contributed by atoms with Gasteiger partial charge in [-0.2, -0.15) is 0 Å². The van der Waals surface area contributed by atoms with E-state index in [1.807, 2.05) is 13.1 Å². The minimum Gasteiger partial charge on any atom is -0.335 e. The minimum absolute atomic E-state index is 0.102. The van der Waals surface area contributed by atoms with E-state index in [4.69, 9.17) is 11.6 Å². The third kappa shape index (κ3) is 0.865. The van der Waals surface area contributed by atoms with Crippen molar-refractivity contribution >= 4 is 22.5 Å². The maximum atomic E-state index is 11.2. The first-order chi connectivity index (χ1) is 5.70. The number of aromatic nitrogens is 2. The predicted molar refractivity (Wildman–Crippen MR) is 48.5 cm³/mol. The third-order valence-electron chi connectivity index (χ3n) is 1.92. The average molecular weight is 183 g/mol. The Bertz CT molecular complexity index is 483. The van der Waals surface area contributed by atoms with Crippen molar-refractivity contribution in [2.24, 2.45) is 7.05 Å². The quantitative estimate of drug-likeness (QED) is 0.659. The van der Waals surface area contributed by atoms with Gasteiger partial charge in [0.05, 0.1) is 10.9 Å². The number of H-pyrrole nitrogens is 1. The summed E-state index contributed by atoms with van der Waals surface area (Å²) in [5.74, 6) is 0. The van der Waals surface area contributed by atoms with E-state index < -0.39 is 0 Å². The molecule has 0 aromatic carbocycles. The van der Waals surface area contributed by atoms with Crippen molar-refractivity contribution < 1.29 is 0 Å². The zero-order chi connectivity index (χ0) is 8.72. The summed E-state index contributed by atoms with van der Waals surface area (Å²) in [7, 11) is 1.82. The lowest BCUT2D eigenvalue weighted by atomic mass is 10.3. The van der Waals surface area contributed by atoms with E-state index in [0.29, 0.717) is 10.5 Å². The monoisotopic (exact) mass is 182 g/mol. The Morgan fingerprint density at radius 3 is 3.00 bits per heavy atom. The van der Waals surface area contributed by atoms with Crippen LogP contribution in [0, 0.1) is 0 Å². The number of rotatable bonds is 0. The number of nitrogens with one attached hydrogen (secondary N) is 1. The van der Waals surface area contributed by atoms with Crippen molar-refractivity contribution in [1.82, 2.24) is 9.55 Å². The van der Waals surface area contributed by atoms with Gasteiger partial charge in [-0.3, -0.25) is 4.79 Å². The van der Waals surface area contributed by atoms with Crippen LogP contribution in [0.2, 0.25) is 5.15 Å². The van der Waals surface area contributed by atoms with Crippen LogP contribution in [0.3, 0.4) is 0 Å². The Morgan fingerprint density at radius 2 is 2.33 bits per heavy atom. The molecule has 0 spiro atoms. The second kappa shape index (κ2) is 2.38. The zero-order valence-electron chi connectivity index (χ0n) is 6.47. The number of halogens is 1. The number of hydrogen-bond donors (Lipinski definition) is 1. The van der Waals surface area contributed by atoms with Gasteiger partial charge < -0.3 is 9.55 Å². The molecular weight excluding hydrogens is 176 g/mol. The highest BCUT2D eigenvalue weighted by atomic mass is 35.5. The summed E-state index contributed by atoms with van der Waals surface area (Å²) >= 11 is 5.83. The van der Waals surface area contributed by atoms with Crippen molar-refractivity contribution in [2.75, 3.05) is 0 Å². The Morgan fingerprint density at radius 1 is 1.58 bits per heavy atom. The molecule has 0 aliphatic rings. The SMILES string of the molecule is Cn1c(Cl)cc2c(=O)[nH]ccc21. The number of pyridine rings is 1. The highest BCUT2D eigenvalue weighted by Crippen LogP contribution is 2.17. The molecule has 0 radical (unpaired) electrons. The molecule has 2 aromatic rings. The molecule has 0 unspecified atom stereocenters. The average Bonchev–Trinajstić information content (AvgIpc) is 2.32. The number of aromatic amines is 1. The summed E-state index contributed by atoms with van der Waals surface area (Å²) in [5.41, 5.74) is 0.749. The number of nitrogens with zero attached hydrogens (tertiary/aromatic N) is 1. The normalized spacial score (nSPS) is 10.8. The van der Waals surface area contributed by atoms with Crippen LogP contribution in [-0.4, -0.2) is 9.55 Å². The molecule has 0 bridgehead atoms. The molecule has 0 amide bonds. The van der Waals surface area contributed by atoms with Crippen molar-refractivity contribution in [3.63, 3.8) is 0 Å². The van der Waals surface area contributed by atoms with E-state index in [9.17, 15) is 4.79 Å². The summed E-state index contributed by atoms with van der Waals surface area (Å²) in [6.45, 7) is 0. The molecule has 0 saturated heterocycles. The lowest BCUT2D eigenvalue weighted by molar-refractivity contribution is 0.968. The Labute approximate surface area is 73.6 Å². The number of hydrogen-bond acceptors (Lipinski definition) is 1. The van der Waals surface area contributed by atoms with Crippen LogP contribution >= 0.6 is 11.6 Å². The van der Waals surface area contributed by atoms with Gasteiger partial charge in [0.1, 0.15) is 5.15 Å². The van der Waals surface area contributed by atoms with Crippen molar-refractivity contribution in [2.45, 2.75) is 0 Å². The van der Waals surface area contributed by atoms with Crippen LogP contribution in [0.25, 0.3) is 10.9 Å². The molecule has 62 valence electrons. The molecule has 0 aliphatic carbocycles. The van der Waals surface area contributed by atoms with Gasteiger partial charge in [0.2, 0.25) is 0 Å². The van der Waals surface area contributed by atoms with Crippen LogP contribution in [0.1, 0.15) is 0 Å². The van der Waals surface area contributed by atoms with Gasteiger partial charge in [0.15, 0.2) is 0 Å². The fraction of sp³-hybridized carbons (Fsp3) is 0.125. The first-order valence-electron chi connectivity index (χ1n) is 3.53. The second-order valence-electron chi connectivity index (χ2n) is 2.63. The largest absolute Gasteiger partial charge is 0.335 e. The van der Waals surface area contributed by atoms with Gasteiger partial charge in [0.25, 0.3) is 5.56 Å². The number of fused-ring (bicyclic) bond motifs is 1. The maximum Gasteiger partial charge on any atom is 0.257 e. The van der Waals surface area contributed by atoms with Crippen molar-refractivity contribution in [3.05, 3.63) is 33.8 Å². The maximum absolute atomic E-state index is 11.2. The van der Waals surface area contributed by atoms with Crippen molar-refractivity contribution in [1.29, 1.82) is 0 Å². The van der Waals surface area contributed by atoms with E-state index in [2.05, 4.69) is 4.98 Å². The Kier molecular flexibility index (Phi) is 1.48. The molecule has 0 fully saturated rings. The lowest BCUT2D eigenvalue weighted by Crippen LogP contribution is -2.03. The zero-order valence-corrected chi connectivity index (χ0v) is 7.22. The van der Waals surface area contributed by atoms with Crippen LogP contribution < -0.4 is 5.56 Å². The fourth-order valence-corrected chi connectivity index (χ4v) is 1.44. The van der Waals surface area contributed by atoms with Crippen LogP contribution in [-0.2, 0) is 7.05 Å². The summed E-state index contributed by atoms with van der Waals surface area (Å²) in [4.78, 5) is 13.8. The predicted octanol–water partition coefficient (Wildman–Crippen LogP) is 1.52. The standard InChI is InChI=1S/C8H7ClN2O/c1-11-6-2-3-10-8(12)5(6)4-7(11)9/h2-4H,1H3,(H,10,12). The smallest absolute Gasteiger partial charge is 0.257 e. The lowest BCUT2D eigenvalue weighted by Gasteiger charge is -1.94. The molecule has 2 aromatic heterocycles. The van der Waals surface area contributed by atoms with Gasteiger partial charge in [0, 0.05) is 13.2 Å². The molecule has 2 heterocycles. The van der Waals surface area contributed by atoms with Crippen LogP contribution in [0.15, 0.2) is 23.1 Å². The first-order valence-corrected chi connectivity index (χ1v) is 3.90. The fourth-order valence-electron chi connectivity index (χ4n) is 1.24. The Hall–Kier alpha value is -1.22. The third-order valence-corrected chi connectivity index (χ3v) is 2.28. The summed E-state index contributed by atoms with van der Waals surface area (Å²) in [6.07, 6.45) is 1.61. The van der Waals surface area contributed by atoms with Gasteiger partial charge >= 0.3 is 0 Å². The summed E-state index contributed by atoms with van der Waals surface area (Å²) in [6, 6.07) is 3.48. The topological polar surface area (TPSA) is 37.8 Å². The molecule has 3 nitrogen and oxygen atoms in total. The van der Waals surface area contributed by atoms with Crippen LogP contribution in [0.4, 0.5) is 0 Å². The van der Waals surface area contributed by atoms with E-state index in [1.165, 1.54) is 0 Å². The Balaban J connectivity index is 3.05. The highest BCUT2D eigenvalue weighted by molar-refractivity contribution is 6.30. The highest BCUT2D eigenvalue weighted by Gasteiger charge is 2.04. The van der Waals surface area contributed by atoms with Gasteiger partial charge in [-0.25, -0.2) is 0 Å². The van der Waals surface area contributed by atoms with Gasteiger partial charge in [-0.1, -0.05) is 11.6 Å². The van der Waals surface area contributed by atoms with Gasteiger partial charge in [-0.15, -0.1) is 0 Å². The number of aryl methyl sites for hydroxylation is 1. The van der Waals surface area contributed by atoms with Crippen molar-refractivity contribution in [3.8, 4) is 0 Å². The summed E-state index contributed by atoms with van der Waals surface area (Å²) < 4.78 is 1.77. The molecule has 0 saturated carbocycles. The molecule has 0 atom stereocenters. The van der Waals surface area contributed by atoms with E-state index in [0.717, 1.165) is 5.52 Å². The van der Waals surface area contributed by atoms with E-state index >= 15 is 0 Å². The molecule has 0 aliphatic heterocycles. The molecule has 4 heteroatoms.